The van der Waals surface area contributed by atoms with E-state index in [4.69, 9.17) is 5.11 Å². The molecule has 0 saturated carbocycles. The highest BCUT2D eigenvalue weighted by atomic mass is 16.4. The Morgan fingerprint density at radius 1 is 1.60 bits per heavy atom. The zero-order valence-electron chi connectivity index (χ0n) is 5.45. The van der Waals surface area contributed by atoms with Gasteiger partial charge >= 0.3 is 5.97 Å². The SMILES string of the molecule is O=C(O)[C@@H]1N[C@H]2C=C[C@H]1C2. The fraction of sp³-hybridized carbons (Fsp3) is 0.571. The predicted molar refractivity (Wildman–Crippen MR) is 35.6 cm³/mol. The summed E-state index contributed by atoms with van der Waals surface area (Å²) in [4.78, 5) is 10.5. The lowest BCUT2D eigenvalue weighted by Gasteiger charge is -2.13. The summed E-state index contributed by atoms with van der Waals surface area (Å²) in [6.07, 6.45) is 5.01. The highest BCUT2D eigenvalue weighted by Crippen LogP contribution is 2.28. The van der Waals surface area contributed by atoms with Crippen molar-refractivity contribution in [3.8, 4) is 0 Å². The molecule has 0 aromatic carbocycles. The lowest BCUT2D eigenvalue weighted by molar-refractivity contribution is -0.139. The van der Waals surface area contributed by atoms with Crippen LogP contribution in [0.25, 0.3) is 0 Å². The van der Waals surface area contributed by atoms with Gasteiger partial charge < -0.3 is 5.11 Å². The molecule has 10 heavy (non-hydrogen) atoms. The van der Waals surface area contributed by atoms with Crippen molar-refractivity contribution in [1.29, 1.82) is 0 Å². The summed E-state index contributed by atoms with van der Waals surface area (Å²) in [6.45, 7) is 0. The molecule has 1 saturated heterocycles. The van der Waals surface area contributed by atoms with Gasteiger partial charge in [0.2, 0.25) is 0 Å². The van der Waals surface area contributed by atoms with E-state index in [1.807, 2.05) is 12.2 Å². The molecule has 2 bridgehead atoms. The number of carboxylic acids is 1. The average molecular weight is 139 g/mol. The molecule has 0 amide bonds. The minimum absolute atomic E-state index is 0.238. The Balaban J connectivity index is 2.16. The topological polar surface area (TPSA) is 49.3 Å². The first-order chi connectivity index (χ1) is 4.77. The molecule has 0 unspecified atom stereocenters. The van der Waals surface area contributed by atoms with Crippen LogP contribution in [-0.2, 0) is 4.79 Å². The van der Waals surface area contributed by atoms with Crippen LogP contribution in [0.15, 0.2) is 12.2 Å². The van der Waals surface area contributed by atoms with Crippen LogP contribution in [-0.4, -0.2) is 23.2 Å². The molecule has 3 heteroatoms. The van der Waals surface area contributed by atoms with Crippen LogP contribution in [0.3, 0.4) is 0 Å². The second kappa shape index (κ2) is 1.83. The smallest absolute Gasteiger partial charge is 0.321 e. The van der Waals surface area contributed by atoms with Crippen molar-refractivity contribution in [1.82, 2.24) is 5.32 Å². The van der Waals surface area contributed by atoms with Crippen molar-refractivity contribution >= 4 is 5.97 Å². The number of rotatable bonds is 1. The Bertz CT molecular complexity index is 200. The normalized spacial score (nSPS) is 42.6. The van der Waals surface area contributed by atoms with Crippen molar-refractivity contribution < 1.29 is 9.90 Å². The maximum absolute atomic E-state index is 10.5. The summed E-state index contributed by atoms with van der Waals surface area (Å²) in [5.41, 5.74) is 0. The quantitative estimate of drug-likeness (QED) is 0.502. The van der Waals surface area contributed by atoms with Crippen LogP contribution >= 0.6 is 0 Å². The van der Waals surface area contributed by atoms with E-state index in [2.05, 4.69) is 5.32 Å². The maximum atomic E-state index is 10.5. The third-order valence-corrected chi connectivity index (χ3v) is 2.20. The summed E-state index contributed by atoms with van der Waals surface area (Å²) >= 11 is 0. The van der Waals surface area contributed by atoms with E-state index in [1.165, 1.54) is 0 Å². The van der Waals surface area contributed by atoms with E-state index in [0.29, 0.717) is 6.04 Å². The van der Waals surface area contributed by atoms with Gasteiger partial charge in [-0.1, -0.05) is 12.2 Å². The Hall–Kier alpha value is -0.830. The highest BCUT2D eigenvalue weighted by molar-refractivity contribution is 5.75. The zero-order valence-corrected chi connectivity index (χ0v) is 5.45. The number of hydrogen-bond acceptors (Lipinski definition) is 2. The van der Waals surface area contributed by atoms with Crippen molar-refractivity contribution in [3.05, 3.63) is 12.2 Å². The van der Waals surface area contributed by atoms with E-state index in [-0.39, 0.29) is 12.0 Å². The van der Waals surface area contributed by atoms with Crippen LogP contribution in [0.2, 0.25) is 0 Å². The molecule has 0 aromatic rings. The Labute approximate surface area is 58.7 Å². The van der Waals surface area contributed by atoms with E-state index in [0.717, 1.165) is 6.42 Å². The number of hydrogen-bond donors (Lipinski definition) is 2. The van der Waals surface area contributed by atoms with Gasteiger partial charge in [0, 0.05) is 12.0 Å². The van der Waals surface area contributed by atoms with E-state index in [9.17, 15) is 4.79 Å². The Morgan fingerprint density at radius 3 is 2.70 bits per heavy atom. The summed E-state index contributed by atoms with van der Waals surface area (Å²) < 4.78 is 0. The standard InChI is InChI=1S/C7H9NO2/c9-7(10)6-4-1-2-5(3-4)8-6/h1-2,4-6,8H,3H2,(H,9,10)/t4-,5-,6+/m0/s1. The van der Waals surface area contributed by atoms with E-state index >= 15 is 0 Å². The van der Waals surface area contributed by atoms with Crippen molar-refractivity contribution in [2.75, 3.05) is 0 Å². The molecule has 0 aromatic heterocycles. The molecule has 1 aliphatic heterocycles. The Kier molecular flexibility index (Phi) is 1.08. The number of aliphatic carboxylic acids is 1. The fourth-order valence-electron chi connectivity index (χ4n) is 1.71. The molecule has 2 N–H and O–H groups in total. The van der Waals surface area contributed by atoms with Gasteiger partial charge in [-0.05, 0) is 6.42 Å². The average Bonchev–Trinajstić information content (AvgIpc) is 2.44. The summed E-state index contributed by atoms with van der Waals surface area (Å²) in [5, 5.41) is 11.6. The molecule has 0 spiro atoms. The third kappa shape index (κ3) is 0.671. The van der Waals surface area contributed by atoms with Crippen LogP contribution < -0.4 is 5.32 Å². The molecule has 2 rings (SSSR count). The summed E-state index contributed by atoms with van der Waals surface area (Å²) in [6, 6.07) is 0.00102. The van der Waals surface area contributed by atoms with Gasteiger partial charge in [0.1, 0.15) is 6.04 Å². The van der Waals surface area contributed by atoms with Gasteiger partial charge in [0.05, 0.1) is 0 Å². The molecule has 1 aliphatic carbocycles. The minimum atomic E-state index is -0.725. The second-order valence-electron chi connectivity index (χ2n) is 2.87. The lowest BCUT2D eigenvalue weighted by atomic mass is 10.0. The van der Waals surface area contributed by atoms with Crippen molar-refractivity contribution in [2.24, 2.45) is 5.92 Å². The zero-order chi connectivity index (χ0) is 7.14. The highest BCUT2D eigenvalue weighted by Gasteiger charge is 2.39. The summed E-state index contributed by atoms with van der Waals surface area (Å²) in [7, 11) is 0. The van der Waals surface area contributed by atoms with Gasteiger partial charge in [-0.25, -0.2) is 0 Å². The molecule has 1 heterocycles. The molecule has 3 nitrogen and oxygen atoms in total. The fourth-order valence-corrected chi connectivity index (χ4v) is 1.71. The monoisotopic (exact) mass is 139 g/mol. The molecule has 2 aliphatic rings. The first-order valence-electron chi connectivity index (χ1n) is 3.44. The maximum Gasteiger partial charge on any atom is 0.321 e. The lowest BCUT2D eigenvalue weighted by Crippen LogP contribution is -2.39. The molecule has 3 atom stereocenters. The largest absolute Gasteiger partial charge is 0.480 e. The van der Waals surface area contributed by atoms with E-state index in [1.54, 1.807) is 0 Å². The minimum Gasteiger partial charge on any atom is -0.480 e. The number of nitrogens with one attached hydrogen (secondary N) is 1. The first-order valence-corrected chi connectivity index (χ1v) is 3.44. The van der Waals surface area contributed by atoms with Crippen molar-refractivity contribution in [2.45, 2.75) is 18.5 Å². The van der Waals surface area contributed by atoms with Gasteiger partial charge in [-0.15, -0.1) is 0 Å². The molecule has 54 valence electrons. The summed E-state index contributed by atoms with van der Waals surface area (Å²) in [5.74, 6) is -0.487. The molecular formula is C7H9NO2. The van der Waals surface area contributed by atoms with Crippen LogP contribution in [0, 0.1) is 5.92 Å². The van der Waals surface area contributed by atoms with Gasteiger partial charge in [-0.2, -0.15) is 0 Å². The van der Waals surface area contributed by atoms with Gasteiger partial charge in [0.25, 0.3) is 0 Å². The van der Waals surface area contributed by atoms with E-state index < -0.39 is 5.97 Å². The molecule has 0 radical (unpaired) electrons. The predicted octanol–water partition coefficient (Wildman–Crippen LogP) is -0.0125. The molecule has 1 fully saturated rings. The van der Waals surface area contributed by atoms with Crippen molar-refractivity contribution in [3.63, 3.8) is 0 Å². The number of carbonyl (C=O) groups is 1. The molecular weight excluding hydrogens is 130 g/mol. The number of fused-ring (bicyclic) bond motifs is 2. The van der Waals surface area contributed by atoms with Crippen LogP contribution in [0.4, 0.5) is 0 Å². The second-order valence-corrected chi connectivity index (χ2v) is 2.87. The Morgan fingerprint density at radius 2 is 2.40 bits per heavy atom. The third-order valence-electron chi connectivity index (χ3n) is 2.20. The van der Waals surface area contributed by atoms with Crippen LogP contribution in [0.1, 0.15) is 6.42 Å². The van der Waals surface area contributed by atoms with Crippen LogP contribution in [0.5, 0.6) is 0 Å². The van der Waals surface area contributed by atoms with Gasteiger partial charge in [0.15, 0.2) is 0 Å². The number of carboxylic acid groups (broad SMARTS) is 1. The first kappa shape index (κ1) is 5.92. The van der Waals surface area contributed by atoms with Gasteiger partial charge in [-0.3, -0.25) is 10.1 Å².